The zero-order valence-corrected chi connectivity index (χ0v) is 19.4. The number of hydrogen-bond acceptors (Lipinski definition) is 7. The highest BCUT2D eigenvalue weighted by atomic mass is 16.7. The van der Waals surface area contributed by atoms with Crippen molar-refractivity contribution in [1.82, 2.24) is 0 Å². The maximum atomic E-state index is 13.0. The Labute approximate surface area is 188 Å². The SMILES string of the molecule is COCOc1cc(/C=C/C(=O)c2c(OC)cc(OC)c(CC=C(C)C)c2O)ccc1OC. The van der Waals surface area contributed by atoms with E-state index in [1.807, 2.05) is 19.9 Å². The Morgan fingerprint density at radius 2 is 1.62 bits per heavy atom. The second-order valence-electron chi connectivity index (χ2n) is 7.13. The summed E-state index contributed by atoms with van der Waals surface area (Å²) < 4.78 is 26.5. The van der Waals surface area contributed by atoms with E-state index in [1.165, 1.54) is 27.4 Å². The van der Waals surface area contributed by atoms with E-state index in [-0.39, 0.29) is 23.9 Å². The molecule has 0 unspecified atom stereocenters. The monoisotopic (exact) mass is 442 g/mol. The van der Waals surface area contributed by atoms with Crippen LogP contribution in [0.5, 0.6) is 28.7 Å². The van der Waals surface area contributed by atoms with Gasteiger partial charge in [-0.05, 0) is 44.0 Å². The van der Waals surface area contributed by atoms with E-state index in [2.05, 4.69) is 0 Å². The van der Waals surface area contributed by atoms with Crippen LogP contribution in [0.15, 0.2) is 42.0 Å². The number of benzene rings is 2. The second-order valence-corrected chi connectivity index (χ2v) is 7.13. The number of phenols is 1. The number of aromatic hydroxyl groups is 1. The first-order chi connectivity index (χ1) is 15.4. The largest absolute Gasteiger partial charge is 0.507 e. The molecule has 0 aromatic heterocycles. The summed E-state index contributed by atoms with van der Waals surface area (Å²) in [4.78, 5) is 13.0. The van der Waals surface area contributed by atoms with E-state index >= 15 is 0 Å². The van der Waals surface area contributed by atoms with Crippen molar-refractivity contribution in [2.24, 2.45) is 0 Å². The maximum Gasteiger partial charge on any atom is 0.193 e. The third-order valence-corrected chi connectivity index (χ3v) is 4.68. The minimum absolute atomic E-state index is 0.0633. The lowest BCUT2D eigenvalue weighted by Gasteiger charge is -2.15. The highest BCUT2D eigenvalue weighted by Crippen LogP contribution is 2.39. The first kappa shape index (κ1) is 24.8. The fourth-order valence-electron chi connectivity index (χ4n) is 3.03. The van der Waals surface area contributed by atoms with E-state index in [4.69, 9.17) is 23.7 Å². The lowest BCUT2D eigenvalue weighted by Crippen LogP contribution is -2.04. The molecule has 0 heterocycles. The van der Waals surface area contributed by atoms with Crippen LogP contribution in [-0.2, 0) is 11.2 Å². The molecule has 0 saturated carbocycles. The van der Waals surface area contributed by atoms with E-state index in [0.29, 0.717) is 34.8 Å². The number of methoxy groups -OCH3 is 4. The zero-order valence-electron chi connectivity index (χ0n) is 19.4. The molecule has 7 heteroatoms. The minimum atomic E-state index is -0.407. The summed E-state index contributed by atoms with van der Waals surface area (Å²) in [5.74, 6) is 1.14. The summed E-state index contributed by atoms with van der Waals surface area (Å²) in [7, 11) is 6.01. The van der Waals surface area contributed by atoms with E-state index in [9.17, 15) is 9.90 Å². The van der Waals surface area contributed by atoms with Gasteiger partial charge in [-0.1, -0.05) is 23.8 Å². The van der Waals surface area contributed by atoms with Gasteiger partial charge in [-0.25, -0.2) is 0 Å². The van der Waals surface area contributed by atoms with Crippen molar-refractivity contribution in [1.29, 1.82) is 0 Å². The molecular weight excluding hydrogens is 412 g/mol. The Bertz CT molecular complexity index is 1000. The standard InChI is InChI=1S/C25H30O7/c1-16(2)7-10-18-21(30-5)14-23(31-6)24(25(18)27)19(26)11-8-17-9-12-20(29-4)22(13-17)32-15-28-3/h7-9,11-14,27H,10,15H2,1-6H3/b11-8+. The van der Waals surface area contributed by atoms with Gasteiger partial charge in [-0.15, -0.1) is 0 Å². The maximum absolute atomic E-state index is 13.0. The molecule has 0 amide bonds. The summed E-state index contributed by atoms with van der Waals surface area (Å²) in [5, 5.41) is 10.9. The third-order valence-electron chi connectivity index (χ3n) is 4.68. The van der Waals surface area contributed by atoms with Crippen molar-refractivity contribution >= 4 is 11.9 Å². The van der Waals surface area contributed by atoms with Gasteiger partial charge in [0.15, 0.2) is 24.1 Å². The van der Waals surface area contributed by atoms with Gasteiger partial charge in [0.25, 0.3) is 0 Å². The van der Waals surface area contributed by atoms with Gasteiger partial charge in [-0.3, -0.25) is 4.79 Å². The Hall–Kier alpha value is -3.45. The molecule has 0 aliphatic heterocycles. The van der Waals surface area contributed by atoms with Crippen LogP contribution in [0.3, 0.4) is 0 Å². The molecule has 0 aliphatic rings. The molecule has 32 heavy (non-hydrogen) atoms. The molecule has 0 fully saturated rings. The summed E-state index contributed by atoms with van der Waals surface area (Å²) in [6.07, 6.45) is 5.37. The van der Waals surface area contributed by atoms with Gasteiger partial charge < -0.3 is 28.8 Å². The molecule has 0 radical (unpaired) electrons. The molecule has 1 N–H and O–H groups in total. The van der Waals surface area contributed by atoms with Crippen molar-refractivity contribution in [3.8, 4) is 28.7 Å². The number of rotatable bonds is 11. The van der Waals surface area contributed by atoms with Crippen LogP contribution in [0.2, 0.25) is 0 Å². The Morgan fingerprint density at radius 3 is 2.22 bits per heavy atom. The lowest BCUT2D eigenvalue weighted by atomic mass is 9.99. The lowest BCUT2D eigenvalue weighted by molar-refractivity contribution is 0.0491. The zero-order chi connectivity index (χ0) is 23.7. The number of carbonyl (C=O) groups excluding carboxylic acids is 1. The van der Waals surface area contributed by atoms with Crippen LogP contribution < -0.4 is 18.9 Å². The molecule has 0 atom stereocenters. The molecule has 0 saturated heterocycles. The third kappa shape index (κ3) is 6.04. The molecule has 7 nitrogen and oxygen atoms in total. The molecule has 2 aromatic carbocycles. The first-order valence-electron chi connectivity index (χ1n) is 9.98. The summed E-state index contributed by atoms with van der Waals surface area (Å²) in [6.45, 7) is 3.98. The van der Waals surface area contributed by atoms with E-state index in [0.717, 1.165) is 5.57 Å². The number of phenolic OH excluding ortho intramolecular Hbond substituents is 1. The smallest absolute Gasteiger partial charge is 0.193 e. The van der Waals surface area contributed by atoms with Crippen LogP contribution in [0.4, 0.5) is 0 Å². The minimum Gasteiger partial charge on any atom is -0.507 e. The van der Waals surface area contributed by atoms with Gasteiger partial charge in [0, 0.05) is 18.7 Å². The number of ketones is 1. The van der Waals surface area contributed by atoms with Gasteiger partial charge >= 0.3 is 0 Å². The molecule has 172 valence electrons. The normalized spacial score (nSPS) is 10.7. The second kappa shape index (κ2) is 11.8. The van der Waals surface area contributed by atoms with Gasteiger partial charge in [0.2, 0.25) is 0 Å². The Kier molecular flexibility index (Phi) is 9.16. The highest BCUT2D eigenvalue weighted by molar-refractivity contribution is 6.11. The number of hydrogen-bond donors (Lipinski definition) is 1. The average Bonchev–Trinajstić information content (AvgIpc) is 2.79. The van der Waals surface area contributed by atoms with Crippen molar-refractivity contribution in [3.05, 3.63) is 58.7 Å². The highest BCUT2D eigenvalue weighted by Gasteiger charge is 2.22. The summed E-state index contributed by atoms with van der Waals surface area (Å²) in [6, 6.07) is 6.86. The predicted molar refractivity (Wildman–Crippen MR) is 123 cm³/mol. The van der Waals surface area contributed by atoms with Gasteiger partial charge in [0.1, 0.15) is 22.8 Å². The van der Waals surface area contributed by atoms with Crippen molar-refractivity contribution in [2.45, 2.75) is 20.3 Å². The Morgan fingerprint density at radius 1 is 0.938 bits per heavy atom. The fourth-order valence-corrected chi connectivity index (χ4v) is 3.03. The van der Waals surface area contributed by atoms with Crippen molar-refractivity contribution < 1.29 is 33.6 Å². The number of carbonyl (C=O) groups is 1. The molecular formula is C25H30O7. The summed E-state index contributed by atoms with van der Waals surface area (Å²) >= 11 is 0. The van der Waals surface area contributed by atoms with E-state index < -0.39 is 5.78 Å². The van der Waals surface area contributed by atoms with Gasteiger partial charge in [0.05, 0.1) is 21.3 Å². The van der Waals surface area contributed by atoms with Crippen LogP contribution in [0.1, 0.15) is 35.3 Å². The number of allylic oxidation sites excluding steroid dienone is 3. The molecule has 0 aliphatic carbocycles. The Balaban J connectivity index is 2.43. The summed E-state index contributed by atoms with van der Waals surface area (Å²) in [5.41, 5.74) is 2.39. The molecule has 2 aromatic rings. The predicted octanol–water partition coefficient (Wildman–Crippen LogP) is 4.81. The average molecular weight is 443 g/mol. The van der Waals surface area contributed by atoms with Crippen LogP contribution in [0, 0.1) is 0 Å². The molecule has 2 rings (SSSR count). The quantitative estimate of drug-likeness (QED) is 0.231. The van der Waals surface area contributed by atoms with Gasteiger partial charge in [-0.2, -0.15) is 0 Å². The van der Waals surface area contributed by atoms with Crippen LogP contribution in [0.25, 0.3) is 6.08 Å². The van der Waals surface area contributed by atoms with Crippen molar-refractivity contribution in [3.63, 3.8) is 0 Å². The van der Waals surface area contributed by atoms with Crippen LogP contribution >= 0.6 is 0 Å². The van der Waals surface area contributed by atoms with Crippen LogP contribution in [-0.4, -0.2) is 46.1 Å². The first-order valence-corrected chi connectivity index (χ1v) is 9.98. The van der Waals surface area contributed by atoms with Crippen molar-refractivity contribution in [2.75, 3.05) is 35.2 Å². The fraction of sp³-hybridized carbons (Fsp3) is 0.320. The molecule has 0 spiro atoms. The number of ether oxygens (including phenoxy) is 5. The van der Waals surface area contributed by atoms with E-state index in [1.54, 1.807) is 37.5 Å². The molecule has 0 bridgehead atoms. The topological polar surface area (TPSA) is 83.5 Å².